The average Bonchev–Trinajstić information content (AvgIpc) is 3.45. The fourth-order valence-electron chi connectivity index (χ4n) is 3.73. The minimum atomic E-state index is -1.36. The molecule has 2 atom stereocenters. The van der Waals surface area contributed by atoms with Crippen LogP contribution in [0.5, 0.6) is 11.5 Å². The second-order valence-corrected chi connectivity index (χ2v) is 7.71. The Balaban J connectivity index is 1.79. The second kappa shape index (κ2) is 7.76. The molecule has 0 bridgehead atoms. The van der Waals surface area contributed by atoms with E-state index in [2.05, 4.69) is 0 Å². The highest BCUT2D eigenvalue weighted by molar-refractivity contribution is 5.95. The Morgan fingerprint density at radius 3 is 2.63 bits per heavy atom. The molecule has 1 aromatic rings. The Morgan fingerprint density at radius 1 is 1.26 bits per heavy atom. The second-order valence-electron chi connectivity index (χ2n) is 7.71. The normalized spacial score (nSPS) is 25.3. The summed E-state index contributed by atoms with van der Waals surface area (Å²) in [7, 11) is 0. The molecule has 0 aromatic heterocycles. The molecule has 1 saturated carbocycles. The van der Waals surface area contributed by atoms with Crippen molar-refractivity contribution in [1.82, 2.24) is 4.90 Å². The van der Waals surface area contributed by atoms with E-state index in [-0.39, 0.29) is 36.7 Å². The zero-order valence-electron chi connectivity index (χ0n) is 15.6. The lowest BCUT2D eigenvalue weighted by Gasteiger charge is -2.43. The molecule has 0 spiro atoms. The molecule has 3 rings (SSSR count). The SMILES string of the molecule is CCC[C@@]1(C(=O)O)CN(C(=O)c2cc(O)cc(OCC3CC3)c2)CC[C@H]1O. The summed E-state index contributed by atoms with van der Waals surface area (Å²) in [5.41, 5.74) is -1.10. The van der Waals surface area contributed by atoms with E-state index in [0.29, 0.717) is 31.1 Å². The van der Waals surface area contributed by atoms with E-state index in [9.17, 15) is 24.9 Å². The largest absolute Gasteiger partial charge is 0.508 e. The first kappa shape index (κ1) is 19.5. The van der Waals surface area contributed by atoms with E-state index in [1.165, 1.54) is 17.0 Å². The standard InChI is InChI=1S/C20H27NO6/c1-2-6-20(19(25)26)12-21(7-5-17(20)23)18(24)14-8-15(22)10-16(9-14)27-11-13-3-4-13/h8-10,13,17,22-23H,2-7,11-12H2,1H3,(H,25,26)/t17-,20-/m1/s1. The van der Waals surface area contributed by atoms with Crippen molar-refractivity contribution in [3.8, 4) is 11.5 Å². The van der Waals surface area contributed by atoms with E-state index in [0.717, 1.165) is 12.8 Å². The number of hydrogen-bond donors (Lipinski definition) is 3. The monoisotopic (exact) mass is 377 g/mol. The maximum absolute atomic E-state index is 13.0. The van der Waals surface area contributed by atoms with E-state index in [1.54, 1.807) is 6.07 Å². The number of benzene rings is 1. The van der Waals surface area contributed by atoms with Gasteiger partial charge in [-0.2, -0.15) is 0 Å². The van der Waals surface area contributed by atoms with Gasteiger partial charge in [-0.1, -0.05) is 13.3 Å². The van der Waals surface area contributed by atoms with Gasteiger partial charge in [0.05, 0.1) is 12.7 Å². The Bertz CT molecular complexity index is 716. The van der Waals surface area contributed by atoms with Gasteiger partial charge in [0.15, 0.2) is 0 Å². The predicted molar refractivity (Wildman–Crippen MR) is 97.8 cm³/mol. The highest BCUT2D eigenvalue weighted by atomic mass is 16.5. The number of piperidine rings is 1. The molecule has 1 aliphatic carbocycles. The number of carboxylic acid groups (broad SMARTS) is 1. The predicted octanol–water partition coefficient (Wildman–Crippen LogP) is 2.26. The molecule has 2 aliphatic rings. The van der Waals surface area contributed by atoms with Crippen LogP contribution in [0.3, 0.4) is 0 Å². The van der Waals surface area contributed by atoms with E-state index in [1.807, 2.05) is 6.92 Å². The van der Waals surface area contributed by atoms with Crippen molar-refractivity contribution in [1.29, 1.82) is 0 Å². The first-order valence-electron chi connectivity index (χ1n) is 9.53. The summed E-state index contributed by atoms with van der Waals surface area (Å²) >= 11 is 0. The number of amides is 1. The first-order chi connectivity index (χ1) is 12.9. The van der Waals surface area contributed by atoms with Crippen LogP contribution >= 0.6 is 0 Å². The van der Waals surface area contributed by atoms with Crippen molar-refractivity contribution in [2.45, 2.75) is 45.1 Å². The molecule has 148 valence electrons. The van der Waals surface area contributed by atoms with Gasteiger partial charge >= 0.3 is 5.97 Å². The van der Waals surface area contributed by atoms with Gasteiger partial charge < -0.3 is 25.0 Å². The number of phenols is 1. The topological polar surface area (TPSA) is 107 Å². The van der Waals surface area contributed by atoms with Gasteiger partial charge in [-0.15, -0.1) is 0 Å². The fourth-order valence-corrected chi connectivity index (χ4v) is 3.73. The lowest BCUT2D eigenvalue weighted by molar-refractivity contribution is -0.162. The minimum Gasteiger partial charge on any atom is -0.508 e. The van der Waals surface area contributed by atoms with Crippen LogP contribution in [0.25, 0.3) is 0 Å². The molecule has 2 fully saturated rings. The Labute approximate surface area is 158 Å². The van der Waals surface area contributed by atoms with Gasteiger partial charge in [-0.3, -0.25) is 9.59 Å². The van der Waals surface area contributed by atoms with Crippen molar-refractivity contribution >= 4 is 11.9 Å². The third kappa shape index (κ3) is 4.18. The molecule has 1 saturated heterocycles. The number of hydrogen-bond acceptors (Lipinski definition) is 5. The Morgan fingerprint density at radius 2 is 2.00 bits per heavy atom. The molecule has 3 N–H and O–H groups in total. The van der Waals surface area contributed by atoms with Gasteiger partial charge in [-0.05, 0) is 43.7 Å². The number of rotatable bonds is 7. The number of aliphatic hydroxyl groups is 1. The fraction of sp³-hybridized carbons (Fsp3) is 0.600. The van der Waals surface area contributed by atoms with Crippen LogP contribution in [-0.4, -0.2) is 57.9 Å². The first-order valence-corrected chi connectivity index (χ1v) is 9.53. The lowest BCUT2D eigenvalue weighted by Crippen LogP contribution is -2.57. The average molecular weight is 377 g/mol. The highest BCUT2D eigenvalue weighted by Gasteiger charge is 2.49. The molecule has 1 amide bonds. The number of carbonyl (C=O) groups excluding carboxylic acids is 1. The molecule has 1 aromatic carbocycles. The summed E-state index contributed by atoms with van der Waals surface area (Å²) in [4.78, 5) is 26.3. The summed E-state index contributed by atoms with van der Waals surface area (Å²) in [6.45, 7) is 2.64. The van der Waals surface area contributed by atoms with Crippen LogP contribution in [0, 0.1) is 11.3 Å². The number of carboxylic acids is 1. The van der Waals surface area contributed by atoms with E-state index < -0.39 is 17.5 Å². The number of aliphatic hydroxyl groups excluding tert-OH is 1. The van der Waals surface area contributed by atoms with Crippen LogP contribution in [-0.2, 0) is 4.79 Å². The molecular weight excluding hydrogens is 350 g/mol. The van der Waals surface area contributed by atoms with Crippen molar-refractivity contribution in [2.24, 2.45) is 11.3 Å². The molecule has 1 heterocycles. The van der Waals surface area contributed by atoms with E-state index >= 15 is 0 Å². The summed E-state index contributed by atoms with van der Waals surface area (Å²) < 4.78 is 5.66. The Kier molecular flexibility index (Phi) is 5.60. The lowest BCUT2D eigenvalue weighted by atomic mass is 9.74. The van der Waals surface area contributed by atoms with Gasteiger partial charge in [0.25, 0.3) is 5.91 Å². The van der Waals surface area contributed by atoms with Crippen LogP contribution < -0.4 is 4.74 Å². The summed E-state index contributed by atoms with van der Waals surface area (Å²) in [5, 5.41) is 30.0. The van der Waals surface area contributed by atoms with Crippen LogP contribution in [0.2, 0.25) is 0 Å². The molecule has 7 nitrogen and oxygen atoms in total. The molecule has 0 radical (unpaired) electrons. The van der Waals surface area contributed by atoms with Crippen LogP contribution in [0.15, 0.2) is 18.2 Å². The van der Waals surface area contributed by atoms with Gasteiger partial charge in [-0.25, -0.2) is 0 Å². The number of nitrogens with zero attached hydrogens (tertiary/aromatic N) is 1. The molecule has 27 heavy (non-hydrogen) atoms. The summed E-state index contributed by atoms with van der Waals surface area (Å²) in [6, 6.07) is 4.41. The number of ether oxygens (including phenoxy) is 1. The number of likely N-dealkylation sites (tertiary alicyclic amines) is 1. The third-order valence-electron chi connectivity index (χ3n) is 5.51. The quantitative estimate of drug-likeness (QED) is 0.673. The van der Waals surface area contributed by atoms with Gasteiger partial charge in [0.1, 0.15) is 16.9 Å². The van der Waals surface area contributed by atoms with Gasteiger partial charge in [0.2, 0.25) is 0 Å². The zero-order chi connectivity index (χ0) is 19.6. The molecule has 0 unspecified atom stereocenters. The Hall–Kier alpha value is -2.28. The number of phenolic OH excluding ortho intramolecular Hbond substituents is 1. The van der Waals surface area contributed by atoms with Crippen molar-refractivity contribution in [3.05, 3.63) is 23.8 Å². The maximum atomic E-state index is 13.0. The maximum Gasteiger partial charge on any atom is 0.314 e. The number of aromatic hydroxyl groups is 1. The molecular formula is C20H27NO6. The minimum absolute atomic E-state index is 0.0515. The van der Waals surface area contributed by atoms with Crippen LogP contribution in [0.4, 0.5) is 0 Å². The third-order valence-corrected chi connectivity index (χ3v) is 5.51. The summed E-state index contributed by atoms with van der Waals surface area (Å²) in [5.74, 6) is -0.545. The smallest absolute Gasteiger partial charge is 0.314 e. The van der Waals surface area contributed by atoms with Crippen molar-refractivity contribution in [2.75, 3.05) is 19.7 Å². The number of carbonyl (C=O) groups is 2. The van der Waals surface area contributed by atoms with E-state index in [4.69, 9.17) is 4.74 Å². The highest BCUT2D eigenvalue weighted by Crippen LogP contribution is 2.36. The van der Waals surface area contributed by atoms with Crippen molar-refractivity contribution < 1.29 is 29.6 Å². The molecule has 7 heteroatoms. The molecule has 1 aliphatic heterocycles. The summed E-state index contributed by atoms with van der Waals surface area (Å²) in [6.07, 6.45) is 2.38. The van der Waals surface area contributed by atoms with Crippen LogP contribution in [0.1, 0.15) is 49.4 Å². The zero-order valence-corrected chi connectivity index (χ0v) is 15.6. The van der Waals surface area contributed by atoms with Gasteiger partial charge in [0, 0.05) is 24.7 Å². The number of aliphatic carboxylic acids is 1. The van der Waals surface area contributed by atoms with Crippen molar-refractivity contribution in [3.63, 3.8) is 0 Å².